The predicted molar refractivity (Wildman–Crippen MR) is 175 cm³/mol. The van der Waals surface area contributed by atoms with Gasteiger partial charge < -0.3 is 4.57 Å². The van der Waals surface area contributed by atoms with E-state index >= 15 is 0 Å². The monoisotopic (exact) mass is 523 g/mol. The van der Waals surface area contributed by atoms with Gasteiger partial charge in [-0.25, -0.2) is 0 Å². The topological polar surface area (TPSA) is 4.93 Å². The van der Waals surface area contributed by atoms with Crippen LogP contribution in [-0.4, -0.2) is 4.57 Å². The molecule has 0 bridgehead atoms. The average Bonchev–Trinajstić information content (AvgIpc) is 3.35. The molecule has 8 rings (SSSR count). The minimum absolute atomic E-state index is 0.890. The summed E-state index contributed by atoms with van der Waals surface area (Å²) in [6.45, 7) is 6.76. The number of aromatic nitrogens is 1. The second-order valence-electron chi connectivity index (χ2n) is 11.1. The summed E-state index contributed by atoms with van der Waals surface area (Å²) in [5.41, 5.74) is 16.3. The van der Waals surface area contributed by atoms with Crippen LogP contribution in [0.4, 0.5) is 0 Å². The third-order valence-electron chi connectivity index (χ3n) is 8.68. The number of hydrogen-bond donors (Lipinski definition) is 0. The highest BCUT2D eigenvalue weighted by Crippen LogP contribution is 2.44. The van der Waals surface area contributed by atoms with Crippen molar-refractivity contribution in [2.75, 3.05) is 0 Å². The van der Waals surface area contributed by atoms with E-state index < -0.39 is 0 Å². The van der Waals surface area contributed by atoms with Gasteiger partial charge in [-0.3, -0.25) is 0 Å². The van der Waals surface area contributed by atoms with Crippen molar-refractivity contribution in [3.05, 3.63) is 157 Å². The first-order valence-corrected chi connectivity index (χ1v) is 14.3. The lowest BCUT2D eigenvalue weighted by atomic mass is 9.78. The highest BCUT2D eigenvalue weighted by atomic mass is 15.0. The first-order chi connectivity index (χ1) is 20.2. The fourth-order valence-corrected chi connectivity index (χ4v) is 6.74. The molecular weight excluding hydrogens is 494 g/mol. The molecule has 1 aliphatic rings. The number of aryl methyl sites for hydroxylation is 1. The van der Waals surface area contributed by atoms with Gasteiger partial charge in [0.25, 0.3) is 0 Å². The van der Waals surface area contributed by atoms with Crippen molar-refractivity contribution < 1.29 is 0 Å². The van der Waals surface area contributed by atoms with Crippen LogP contribution in [0.15, 0.2) is 140 Å². The quantitative estimate of drug-likeness (QED) is 0.217. The maximum Gasteiger partial charge on any atom is 0.0541 e. The SMILES string of the molecule is C=C1Cc2ccccc2-c2cccc(-c3cc(-c4ccc5c(c4)c4ccccc4n5-c4ccccc4)ccc3C)c21. The molecule has 194 valence electrons. The molecular formula is C40H29N. The van der Waals surface area contributed by atoms with Crippen molar-refractivity contribution in [2.24, 2.45) is 0 Å². The Hall–Kier alpha value is -5.14. The summed E-state index contributed by atoms with van der Waals surface area (Å²) in [6.07, 6.45) is 0.890. The summed E-state index contributed by atoms with van der Waals surface area (Å²) < 4.78 is 2.37. The van der Waals surface area contributed by atoms with Gasteiger partial charge in [-0.15, -0.1) is 0 Å². The van der Waals surface area contributed by atoms with Gasteiger partial charge in [-0.2, -0.15) is 0 Å². The zero-order valence-corrected chi connectivity index (χ0v) is 23.1. The van der Waals surface area contributed by atoms with Gasteiger partial charge in [0.15, 0.2) is 0 Å². The van der Waals surface area contributed by atoms with Gasteiger partial charge in [0.1, 0.15) is 0 Å². The molecule has 0 atom stereocenters. The van der Waals surface area contributed by atoms with Crippen LogP contribution in [0.25, 0.3) is 66.4 Å². The van der Waals surface area contributed by atoms with Crippen LogP contribution in [0.1, 0.15) is 16.7 Å². The Morgan fingerprint density at radius 2 is 1.20 bits per heavy atom. The molecule has 0 fully saturated rings. The molecule has 0 N–H and O–H groups in total. The Morgan fingerprint density at radius 3 is 2.07 bits per heavy atom. The van der Waals surface area contributed by atoms with Crippen molar-refractivity contribution in [1.29, 1.82) is 0 Å². The molecule has 1 heteroatoms. The molecule has 1 aliphatic carbocycles. The lowest BCUT2D eigenvalue weighted by molar-refractivity contribution is 1.18. The van der Waals surface area contributed by atoms with Crippen LogP contribution in [0.5, 0.6) is 0 Å². The van der Waals surface area contributed by atoms with E-state index in [1.165, 1.54) is 83.1 Å². The van der Waals surface area contributed by atoms with E-state index in [0.717, 1.165) is 6.42 Å². The van der Waals surface area contributed by atoms with E-state index in [-0.39, 0.29) is 0 Å². The van der Waals surface area contributed by atoms with Crippen molar-refractivity contribution in [2.45, 2.75) is 13.3 Å². The lowest BCUT2D eigenvalue weighted by Gasteiger charge is -2.25. The number of rotatable bonds is 3. The molecule has 0 unspecified atom stereocenters. The van der Waals surface area contributed by atoms with Crippen LogP contribution in [0, 0.1) is 6.92 Å². The number of allylic oxidation sites excluding steroid dienone is 1. The number of benzene rings is 6. The predicted octanol–water partition coefficient (Wildman–Crippen LogP) is 10.7. The first kappa shape index (κ1) is 23.7. The van der Waals surface area contributed by atoms with Crippen LogP contribution in [0.3, 0.4) is 0 Å². The zero-order valence-electron chi connectivity index (χ0n) is 23.1. The first-order valence-electron chi connectivity index (χ1n) is 14.3. The maximum atomic E-state index is 4.54. The van der Waals surface area contributed by atoms with Crippen molar-refractivity contribution in [3.63, 3.8) is 0 Å². The Balaban J connectivity index is 1.31. The van der Waals surface area contributed by atoms with Gasteiger partial charge in [0.2, 0.25) is 0 Å². The Bertz CT molecular complexity index is 2140. The van der Waals surface area contributed by atoms with E-state index in [0.29, 0.717) is 0 Å². The molecule has 0 saturated carbocycles. The summed E-state index contributed by atoms with van der Waals surface area (Å²) in [5.74, 6) is 0. The number of fused-ring (bicyclic) bond motifs is 6. The summed E-state index contributed by atoms with van der Waals surface area (Å²) in [7, 11) is 0. The molecule has 0 amide bonds. The Morgan fingerprint density at radius 1 is 0.537 bits per heavy atom. The van der Waals surface area contributed by atoms with Gasteiger partial charge in [-0.05, 0) is 105 Å². The maximum absolute atomic E-state index is 4.54. The normalized spacial score (nSPS) is 12.5. The van der Waals surface area contributed by atoms with E-state index in [1.54, 1.807) is 0 Å². The van der Waals surface area contributed by atoms with Gasteiger partial charge >= 0.3 is 0 Å². The molecule has 41 heavy (non-hydrogen) atoms. The smallest absolute Gasteiger partial charge is 0.0541 e. The second-order valence-corrected chi connectivity index (χ2v) is 11.1. The Kier molecular flexibility index (Phi) is 5.33. The van der Waals surface area contributed by atoms with Crippen LogP contribution < -0.4 is 0 Å². The highest BCUT2D eigenvalue weighted by Gasteiger charge is 2.22. The molecule has 0 aliphatic heterocycles. The van der Waals surface area contributed by atoms with Gasteiger partial charge in [0.05, 0.1) is 11.0 Å². The third kappa shape index (κ3) is 3.70. The van der Waals surface area contributed by atoms with Crippen molar-refractivity contribution in [1.82, 2.24) is 4.57 Å². The number of nitrogens with zero attached hydrogens (tertiary/aromatic N) is 1. The lowest BCUT2D eigenvalue weighted by Crippen LogP contribution is -2.04. The number of hydrogen-bond acceptors (Lipinski definition) is 0. The summed E-state index contributed by atoms with van der Waals surface area (Å²) in [6, 6.07) is 48.6. The fraction of sp³-hybridized carbons (Fsp3) is 0.0500. The van der Waals surface area contributed by atoms with E-state index in [9.17, 15) is 0 Å². The van der Waals surface area contributed by atoms with Crippen molar-refractivity contribution >= 4 is 27.4 Å². The molecule has 1 heterocycles. The van der Waals surface area contributed by atoms with Gasteiger partial charge in [-0.1, -0.05) is 104 Å². The molecule has 0 saturated heterocycles. The summed E-state index contributed by atoms with van der Waals surface area (Å²) in [4.78, 5) is 0. The molecule has 1 nitrogen and oxygen atoms in total. The number of para-hydroxylation sites is 2. The highest BCUT2D eigenvalue weighted by molar-refractivity contribution is 6.10. The van der Waals surface area contributed by atoms with E-state index in [4.69, 9.17) is 0 Å². The molecule has 0 radical (unpaired) electrons. The minimum Gasteiger partial charge on any atom is -0.309 e. The molecule has 0 spiro atoms. The second kappa shape index (κ2) is 9.21. The average molecular weight is 524 g/mol. The minimum atomic E-state index is 0.890. The summed E-state index contributed by atoms with van der Waals surface area (Å²) in [5, 5.41) is 2.54. The largest absolute Gasteiger partial charge is 0.309 e. The van der Waals surface area contributed by atoms with Crippen LogP contribution in [0.2, 0.25) is 0 Å². The summed E-state index contributed by atoms with van der Waals surface area (Å²) >= 11 is 0. The van der Waals surface area contributed by atoms with E-state index in [1.807, 2.05) is 0 Å². The van der Waals surface area contributed by atoms with E-state index in [2.05, 4.69) is 152 Å². The van der Waals surface area contributed by atoms with Gasteiger partial charge in [0, 0.05) is 16.5 Å². The molecule has 1 aromatic heterocycles. The molecule has 7 aromatic rings. The van der Waals surface area contributed by atoms with Crippen LogP contribution >= 0.6 is 0 Å². The van der Waals surface area contributed by atoms with Crippen LogP contribution in [-0.2, 0) is 6.42 Å². The third-order valence-corrected chi connectivity index (χ3v) is 8.68. The van der Waals surface area contributed by atoms with Crippen molar-refractivity contribution in [3.8, 4) is 39.1 Å². The zero-order chi connectivity index (χ0) is 27.5. The Labute approximate surface area is 240 Å². The molecule has 6 aromatic carbocycles. The standard InChI is InChI=1S/C40H29N/c1-26-19-20-28(24-36(26)35-17-10-16-34-32-14-7-6-11-30(32)23-27(2)40(34)35)29-21-22-39-37(25-29)33-15-8-9-18-38(33)41(39)31-12-4-3-5-13-31/h3-22,24-25H,2,23H2,1H3. The fourth-order valence-electron chi connectivity index (χ4n) is 6.74.